The molecular weight excluding hydrogens is 596 g/mol. The lowest BCUT2D eigenvalue weighted by molar-refractivity contribution is -0.138. The molecule has 0 aliphatic carbocycles. The van der Waals surface area contributed by atoms with Gasteiger partial charge in [0.1, 0.15) is 30.1 Å². The number of carbonyl (C=O) groups is 6. The Morgan fingerprint density at radius 1 is 0.674 bits per heavy atom. The maximum absolute atomic E-state index is 12.7. The first kappa shape index (κ1) is 34.9. The highest BCUT2D eigenvalue weighted by molar-refractivity contribution is 5.95. The van der Waals surface area contributed by atoms with Crippen LogP contribution in [-0.2, 0) is 19.1 Å². The molecular formula is C35H34O11. The van der Waals surface area contributed by atoms with Gasteiger partial charge in [0.15, 0.2) is 6.29 Å². The molecule has 0 heterocycles. The maximum atomic E-state index is 12.7. The van der Waals surface area contributed by atoms with E-state index in [2.05, 4.69) is 6.58 Å². The van der Waals surface area contributed by atoms with Crippen LogP contribution < -0.4 is 14.2 Å². The summed E-state index contributed by atoms with van der Waals surface area (Å²) < 4.78 is 26.3. The Balaban J connectivity index is 1.42. The van der Waals surface area contributed by atoms with Gasteiger partial charge in [0.2, 0.25) is 0 Å². The lowest BCUT2D eigenvalue weighted by atomic mass is 10.1. The third-order valence-electron chi connectivity index (χ3n) is 6.53. The van der Waals surface area contributed by atoms with Crippen LogP contribution in [0.25, 0.3) is 0 Å². The standard InChI is InChI=1S/C35H34O11/c1-3-32(38)43-18-7-5-4-6-17-42-29-13-9-25(10-14-29)35(41)46-31-15-11-26(20-28(31)23-37)34(40)44-19-16-33(39)45-30-12-8-24(2)27(21-30)22-36/h3,8-15,20-23H,1,4-7,16-19H2,2H3. The van der Waals surface area contributed by atoms with Crippen LogP contribution in [0.15, 0.2) is 73.3 Å². The number of ether oxygens (including phenoxy) is 5. The Labute approximate surface area is 266 Å². The molecule has 11 heteroatoms. The summed E-state index contributed by atoms with van der Waals surface area (Å²) in [6.07, 6.45) is 5.35. The molecule has 0 atom stereocenters. The van der Waals surface area contributed by atoms with Crippen LogP contribution in [0, 0.1) is 6.92 Å². The zero-order valence-electron chi connectivity index (χ0n) is 25.4. The minimum absolute atomic E-state index is 0.0158. The van der Waals surface area contributed by atoms with Crippen LogP contribution in [0.5, 0.6) is 17.2 Å². The summed E-state index contributed by atoms with van der Waals surface area (Å²) in [6.45, 7) is 5.64. The van der Waals surface area contributed by atoms with Crippen LogP contribution in [-0.4, -0.2) is 56.3 Å². The molecule has 3 aromatic rings. The number of benzene rings is 3. The van der Waals surface area contributed by atoms with Gasteiger partial charge in [-0.1, -0.05) is 12.6 Å². The molecule has 0 aliphatic heterocycles. The molecule has 0 amide bonds. The Bertz CT molecular complexity index is 1560. The summed E-state index contributed by atoms with van der Waals surface area (Å²) >= 11 is 0. The summed E-state index contributed by atoms with van der Waals surface area (Å²) in [6, 6.07) is 14.8. The van der Waals surface area contributed by atoms with Crippen molar-refractivity contribution in [1.29, 1.82) is 0 Å². The van der Waals surface area contributed by atoms with E-state index in [1.165, 1.54) is 36.4 Å². The predicted molar refractivity (Wildman–Crippen MR) is 165 cm³/mol. The lowest BCUT2D eigenvalue weighted by Gasteiger charge is -2.10. The summed E-state index contributed by atoms with van der Waals surface area (Å²) in [7, 11) is 0. The van der Waals surface area contributed by atoms with Gasteiger partial charge < -0.3 is 23.7 Å². The molecule has 240 valence electrons. The molecule has 0 bridgehead atoms. The van der Waals surface area contributed by atoms with Crippen LogP contribution in [0.4, 0.5) is 0 Å². The van der Waals surface area contributed by atoms with Gasteiger partial charge in [-0.15, -0.1) is 0 Å². The van der Waals surface area contributed by atoms with Crippen LogP contribution in [0.1, 0.15) is 79.1 Å². The van der Waals surface area contributed by atoms with Crippen molar-refractivity contribution in [1.82, 2.24) is 0 Å². The minimum Gasteiger partial charge on any atom is -0.494 e. The molecule has 0 fully saturated rings. The van der Waals surface area contributed by atoms with Gasteiger partial charge in [-0.05, 0) is 92.8 Å². The Hall–Kier alpha value is -5.58. The minimum atomic E-state index is -0.794. The summed E-state index contributed by atoms with van der Waals surface area (Å²) in [5.41, 5.74) is 1.32. The van der Waals surface area contributed by atoms with E-state index in [0.29, 0.717) is 37.1 Å². The quantitative estimate of drug-likeness (QED) is 0.0563. The number of hydrogen-bond donors (Lipinski definition) is 0. The van der Waals surface area contributed by atoms with E-state index in [-0.39, 0.29) is 41.2 Å². The SMILES string of the molecule is C=CC(=O)OCCCCCCOc1ccc(C(=O)Oc2ccc(C(=O)OCCC(=O)Oc3ccc(C)c(C=O)c3)cc2C=O)cc1. The first-order chi connectivity index (χ1) is 22.2. The highest BCUT2D eigenvalue weighted by atomic mass is 16.6. The van der Waals surface area contributed by atoms with Crippen molar-refractivity contribution in [2.75, 3.05) is 19.8 Å². The topological polar surface area (TPSA) is 149 Å². The summed E-state index contributed by atoms with van der Waals surface area (Å²) in [5, 5.41) is 0. The van der Waals surface area contributed by atoms with E-state index in [1.807, 2.05) is 0 Å². The Kier molecular flexibility index (Phi) is 13.9. The van der Waals surface area contributed by atoms with E-state index in [1.54, 1.807) is 31.2 Å². The molecule has 0 spiro atoms. The molecule has 11 nitrogen and oxygen atoms in total. The van der Waals surface area contributed by atoms with E-state index >= 15 is 0 Å². The van der Waals surface area contributed by atoms with Gasteiger partial charge in [-0.25, -0.2) is 14.4 Å². The van der Waals surface area contributed by atoms with Gasteiger partial charge in [0.25, 0.3) is 0 Å². The monoisotopic (exact) mass is 630 g/mol. The second-order valence-corrected chi connectivity index (χ2v) is 9.91. The molecule has 0 saturated heterocycles. The van der Waals surface area contributed by atoms with E-state index in [4.69, 9.17) is 23.7 Å². The average molecular weight is 631 g/mol. The number of carbonyl (C=O) groups excluding carboxylic acids is 6. The summed E-state index contributed by atoms with van der Waals surface area (Å²) in [5.74, 6) is -1.88. The molecule has 0 saturated carbocycles. The third kappa shape index (κ3) is 11.2. The van der Waals surface area contributed by atoms with Crippen molar-refractivity contribution in [2.45, 2.75) is 39.0 Å². The number of unbranched alkanes of at least 4 members (excludes halogenated alkanes) is 3. The van der Waals surface area contributed by atoms with Crippen molar-refractivity contribution < 1.29 is 52.5 Å². The Morgan fingerprint density at radius 3 is 2.04 bits per heavy atom. The summed E-state index contributed by atoms with van der Waals surface area (Å²) in [4.78, 5) is 71.0. The fourth-order valence-corrected chi connectivity index (χ4v) is 3.99. The molecule has 0 unspecified atom stereocenters. The first-order valence-corrected chi connectivity index (χ1v) is 14.5. The molecule has 3 rings (SSSR count). The third-order valence-corrected chi connectivity index (χ3v) is 6.53. The highest BCUT2D eigenvalue weighted by Crippen LogP contribution is 2.22. The fourth-order valence-electron chi connectivity index (χ4n) is 3.99. The molecule has 46 heavy (non-hydrogen) atoms. The molecule has 3 aromatic carbocycles. The molecule has 0 aromatic heterocycles. The number of esters is 4. The number of aldehydes is 2. The normalized spacial score (nSPS) is 10.3. The predicted octanol–water partition coefficient (Wildman–Crippen LogP) is 5.66. The van der Waals surface area contributed by atoms with E-state index < -0.39 is 23.9 Å². The second kappa shape index (κ2) is 18.3. The second-order valence-electron chi connectivity index (χ2n) is 9.91. The number of aryl methyl sites for hydroxylation is 1. The van der Waals surface area contributed by atoms with Crippen molar-refractivity contribution >= 4 is 36.4 Å². The lowest BCUT2D eigenvalue weighted by Crippen LogP contribution is -2.15. The molecule has 0 N–H and O–H groups in total. The van der Waals surface area contributed by atoms with Crippen molar-refractivity contribution in [3.8, 4) is 17.2 Å². The highest BCUT2D eigenvalue weighted by Gasteiger charge is 2.16. The first-order valence-electron chi connectivity index (χ1n) is 14.5. The number of rotatable bonds is 18. The number of hydrogen-bond acceptors (Lipinski definition) is 11. The van der Waals surface area contributed by atoms with Crippen LogP contribution in [0.2, 0.25) is 0 Å². The average Bonchev–Trinajstić information content (AvgIpc) is 3.06. The van der Waals surface area contributed by atoms with Crippen molar-refractivity contribution in [3.63, 3.8) is 0 Å². The Morgan fingerprint density at radius 2 is 1.35 bits per heavy atom. The van der Waals surface area contributed by atoms with Gasteiger partial charge in [-0.2, -0.15) is 0 Å². The van der Waals surface area contributed by atoms with Gasteiger partial charge in [0, 0.05) is 11.6 Å². The largest absolute Gasteiger partial charge is 0.494 e. The van der Waals surface area contributed by atoms with E-state index in [0.717, 1.165) is 37.3 Å². The zero-order valence-corrected chi connectivity index (χ0v) is 25.4. The van der Waals surface area contributed by atoms with Crippen LogP contribution >= 0.6 is 0 Å². The van der Waals surface area contributed by atoms with Gasteiger partial charge in [0.05, 0.1) is 36.3 Å². The zero-order chi connectivity index (χ0) is 33.3. The van der Waals surface area contributed by atoms with E-state index in [9.17, 15) is 28.8 Å². The van der Waals surface area contributed by atoms with Crippen LogP contribution in [0.3, 0.4) is 0 Å². The van der Waals surface area contributed by atoms with Gasteiger partial charge >= 0.3 is 23.9 Å². The maximum Gasteiger partial charge on any atom is 0.343 e. The molecule has 0 radical (unpaired) electrons. The van der Waals surface area contributed by atoms with Crippen molar-refractivity contribution in [3.05, 3.63) is 101 Å². The van der Waals surface area contributed by atoms with Crippen molar-refractivity contribution in [2.24, 2.45) is 0 Å². The van der Waals surface area contributed by atoms with Gasteiger partial charge in [-0.3, -0.25) is 14.4 Å². The smallest absolute Gasteiger partial charge is 0.343 e. The molecule has 0 aliphatic rings. The fraction of sp³-hybridized carbons (Fsp3) is 0.257.